The molecular formula is C38H41Cl2N3O8. The van der Waals surface area contributed by atoms with Gasteiger partial charge in [0.05, 0.1) is 40.6 Å². The maximum atomic E-state index is 11.7. The second kappa shape index (κ2) is 16.0. The summed E-state index contributed by atoms with van der Waals surface area (Å²) in [5.74, 6) is 0.929. The molecule has 4 heterocycles. The van der Waals surface area contributed by atoms with Crippen LogP contribution in [0.15, 0.2) is 48.5 Å². The van der Waals surface area contributed by atoms with E-state index in [9.17, 15) is 9.90 Å². The topological polar surface area (TPSA) is 130 Å². The fraction of sp³-hybridized carbons (Fsp3) is 0.395. The van der Waals surface area contributed by atoms with Gasteiger partial charge in [0.2, 0.25) is 23.5 Å². The Morgan fingerprint density at radius 1 is 0.824 bits per heavy atom. The third kappa shape index (κ3) is 8.03. The number of halogens is 2. The molecule has 2 aliphatic rings. The van der Waals surface area contributed by atoms with Crippen molar-refractivity contribution >= 4 is 29.2 Å². The van der Waals surface area contributed by atoms with Crippen molar-refractivity contribution in [3.8, 4) is 34.6 Å². The zero-order valence-corrected chi connectivity index (χ0v) is 30.5. The fourth-order valence-electron chi connectivity index (χ4n) is 6.09. The zero-order chi connectivity index (χ0) is 36.1. The highest BCUT2D eigenvalue weighted by molar-refractivity contribution is 6.32. The molecule has 13 heteroatoms. The number of methoxy groups -OCH3 is 2. The molecule has 6 rings (SSSR count). The van der Waals surface area contributed by atoms with Gasteiger partial charge in [-0.2, -0.15) is 9.97 Å². The number of carbonyl (C=O) groups is 1. The normalized spacial score (nSPS) is 15.1. The average Bonchev–Trinajstić information content (AvgIpc) is 3.07. The number of carboxylic acid groups (broad SMARTS) is 1. The summed E-state index contributed by atoms with van der Waals surface area (Å²) in [7, 11) is 3.09. The monoisotopic (exact) mass is 737 g/mol. The van der Waals surface area contributed by atoms with Gasteiger partial charge in [0.15, 0.2) is 5.54 Å². The Balaban J connectivity index is 1.14. The van der Waals surface area contributed by atoms with Crippen molar-refractivity contribution in [3.63, 3.8) is 0 Å². The lowest BCUT2D eigenvalue weighted by atomic mass is 9.92. The highest BCUT2D eigenvalue weighted by Crippen LogP contribution is 2.35. The molecule has 2 aliphatic heterocycles. The van der Waals surface area contributed by atoms with Crippen molar-refractivity contribution in [1.82, 2.24) is 15.3 Å². The molecule has 0 saturated carbocycles. The van der Waals surface area contributed by atoms with Crippen LogP contribution in [0, 0.1) is 19.8 Å². The molecule has 270 valence electrons. The first-order chi connectivity index (χ1) is 24.6. The lowest BCUT2D eigenvalue weighted by Gasteiger charge is -2.38. The molecule has 2 aromatic carbocycles. The highest BCUT2D eigenvalue weighted by atomic mass is 35.5. The van der Waals surface area contributed by atoms with Crippen LogP contribution in [0.3, 0.4) is 0 Å². The van der Waals surface area contributed by atoms with Gasteiger partial charge >= 0.3 is 5.97 Å². The second-order valence-corrected chi connectivity index (χ2v) is 13.6. The van der Waals surface area contributed by atoms with Crippen molar-refractivity contribution in [2.45, 2.75) is 52.0 Å². The Morgan fingerprint density at radius 2 is 1.35 bits per heavy atom. The number of nitrogens with one attached hydrogen (secondary N) is 1. The molecule has 2 saturated heterocycles. The summed E-state index contributed by atoms with van der Waals surface area (Å²) in [6.07, 6.45) is 1.80. The van der Waals surface area contributed by atoms with E-state index in [4.69, 9.17) is 51.6 Å². The Morgan fingerprint density at radius 3 is 1.80 bits per heavy atom. The Kier molecular flexibility index (Phi) is 11.5. The van der Waals surface area contributed by atoms with Crippen LogP contribution in [-0.4, -0.2) is 67.2 Å². The minimum atomic E-state index is -1.14. The highest BCUT2D eigenvalue weighted by Gasteiger charge is 2.46. The number of carboxylic acids is 1. The van der Waals surface area contributed by atoms with Crippen molar-refractivity contribution < 1.29 is 38.3 Å². The van der Waals surface area contributed by atoms with Crippen molar-refractivity contribution in [2.75, 3.05) is 40.6 Å². The first kappa shape index (κ1) is 36.7. The maximum Gasteiger partial charge on any atom is 0.328 e. The summed E-state index contributed by atoms with van der Waals surface area (Å²) in [6.45, 7) is 6.55. The summed E-state index contributed by atoms with van der Waals surface area (Å²) >= 11 is 13.2. The summed E-state index contributed by atoms with van der Waals surface area (Å²) in [5.41, 5.74) is 6.60. The van der Waals surface area contributed by atoms with E-state index in [2.05, 4.69) is 41.3 Å². The first-order valence-corrected chi connectivity index (χ1v) is 17.4. The molecule has 2 fully saturated rings. The number of pyridine rings is 2. The van der Waals surface area contributed by atoms with E-state index in [1.807, 2.05) is 30.3 Å². The number of aromatic nitrogens is 2. The Bertz CT molecular complexity index is 1900. The van der Waals surface area contributed by atoms with E-state index in [1.54, 1.807) is 13.2 Å². The van der Waals surface area contributed by atoms with E-state index in [0.717, 1.165) is 65.0 Å². The number of hydrogen-bond acceptors (Lipinski definition) is 10. The predicted octanol–water partition coefficient (Wildman–Crippen LogP) is 6.76. The van der Waals surface area contributed by atoms with Crippen LogP contribution in [0.4, 0.5) is 0 Å². The smallest absolute Gasteiger partial charge is 0.328 e. The molecule has 0 unspecified atom stereocenters. The maximum absolute atomic E-state index is 11.7. The molecule has 0 atom stereocenters. The quantitative estimate of drug-likeness (QED) is 0.126. The van der Waals surface area contributed by atoms with Crippen LogP contribution in [0.1, 0.15) is 39.8 Å². The number of ether oxygens (including phenoxy) is 6. The molecule has 0 bridgehead atoms. The molecule has 11 nitrogen and oxygen atoms in total. The molecule has 0 amide bonds. The molecule has 4 aromatic rings. The van der Waals surface area contributed by atoms with Crippen LogP contribution >= 0.6 is 23.2 Å². The van der Waals surface area contributed by atoms with Crippen LogP contribution in [0.2, 0.25) is 10.0 Å². The van der Waals surface area contributed by atoms with E-state index in [0.29, 0.717) is 28.3 Å². The van der Waals surface area contributed by atoms with Gasteiger partial charge in [-0.05, 0) is 72.2 Å². The van der Waals surface area contributed by atoms with Crippen LogP contribution in [-0.2, 0) is 40.4 Å². The largest absolute Gasteiger partial charge is 0.481 e. The van der Waals surface area contributed by atoms with Gasteiger partial charge in [0, 0.05) is 23.6 Å². The lowest BCUT2D eigenvalue weighted by Crippen LogP contribution is -2.65. The van der Waals surface area contributed by atoms with Gasteiger partial charge in [0.1, 0.15) is 23.3 Å². The van der Waals surface area contributed by atoms with Gasteiger partial charge in [-0.1, -0.05) is 59.6 Å². The summed E-state index contributed by atoms with van der Waals surface area (Å²) in [5, 5.41) is 13.3. The van der Waals surface area contributed by atoms with Gasteiger partial charge in [-0.3, -0.25) is 10.1 Å². The van der Waals surface area contributed by atoms with Gasteiger partial charge in [-0.25, -0.2) is 0 Å². The third-order valence-corrected chi connectivity index (χ3v) is 10.1. The number of aryl methyl sites for hydroxylation is 1. The van der Waals surface area contributed by atoms with Crippen LogP contribution in [0.5, 0.6) is 23.5 Å². The minimum absolute atomic E-state index is 0.0803. The molecule has 2 N–H and O–H groups in total. The second-order valence-electron chi connectivity index (χ2n) is 12.8. The number of rotatable bonds is 16. The zero-order valence-electron chi connectivity index (χ0n) is 29.0. The van der Waals surface area contributed by atoms with Gasteiger partial charge < -0.3 is 33.5 Å². The number of nitrogens with zero attached hydrogens (tertiary/aromatic N) is 2. The fourth-order valence-corrected chi connectivity index (χ4v) is 6.54. The van der Waals surface area contributed by atoms with Crippen molar-refractivity contribution in [1.29, 1.82) is 0 Å². The summed E-state index contributed by atoms with van der Waals surface area (Å²) in [4.78, 5) is 20.8. The summed E-state index contributed by atoms with van der Waals surface area (Å²) < 4.78 is 33.7. The number of hydrogen-bond donors (Lipinski definition) is 2. The predicted molar refractivity (Wildman–Crippen MR) is 192 cm³/mol. The molecule has 51 heavy (non-hydrogen) atoms. The first-order valence-electron chi connectivity index (χ1n) is 16.7. The lowest BCUT2D eigenvalue weighted by molar-refractivity contribution is -0.166. The van der Waals surface area contributed by atoms with E-state index in [-0.39, 0.29) is 49.8 Å². The van der Waals surface area contributed by atoms with E-state index >= 15 is 0 Å². The summed E-state index contributed by atoms with van der Waals surface area (Å²) in [6, 6.07) is 15.8. The van der Waals surface area contributed by atoms with Gasteiger partial charge in [0.25, 0.3) is 0 Å². The van der Waals surface area contributed by atoms with Crippen LogP contribution < -0.4 is 24.3 Å². The number of benzene rings is 2. The minimum Gasteiger partial charge on any atom is -0.481 e. The number of aliphatic carboxylic acids is 1. The third-order valence-electron chi connectivity index (χ3n) is 9.52. The van der Waals surface area contributed by atoms with Crippen LogP contribution in [0.25, 0.3) is 11.1 Å². The molecular weight excluding hydrogens is 697 g/mol. The molecule has 0 spiro atoms. The Labute approximate surface area is 307 Å². The standard InChI is InChI=1S/C38H41Cl2N3O8/c1-22-26(18-50-35-31(39)13-25(33(42-35)46-3)12-11-24-16-48-17-24)7-5-9-29(22)30-10-6-8-27(23(30)2)19-51-36-32(40)14-28(34(43-36)47-4)15-41-38(37(44)45)20-49-21-38/h5-10,13-14,24,41H,11-12,15-21H2,1-4H3,(H,44,45). The molecule has 0 aliphatic carbocycles. The van der Waals surface area contributed by atoms with E-state index < -0.39 is 11.5 Å². The molecule has 2 aromatic heterocycles. The van der Waals surface area contributed by atoms with Gasteiger partial charge in [-0.15, -0.1) is 0 Å². The SMILES string of the molecule is COc1nc(OCc2cccc(-c3cccc(COc4nc(OC)c(CNC5(C(=O)O)COC5)cc4Cl)c3C)c2C)c(Cl)cc1CCC1COC1. The Hall–Kier alpha value is -4.13. The van der Waals surface area contributed by atoms with Crippen molar-refractivity contribution in [2.24, 2.45) is 5.92 Å². The van der Waals surface area contributed by atoms with Crippen molar-refractivity contribution in [3.05, 3.63) is 92.0 Å². The molecule has 0 radical (unpaired) electrons. The van der Waals surface area contributed by atoms with E-state index in [1.165, 1.54) is 7.11 Å². The average molecular weight is 739 g/mol.